The molecule has 0 spiro atoms. The van der Waals surface area contributed by atoms with Gasteiger partial charge in [0.05, 0.1) is 10.6 Å². The highest BCUT2D eigenvalue weighted by Gasteiger charge is 2.28. The fraction of sp³-hybridized carbons (Fsp3) is 0.240. The third-order valence-electron chi connectivity index (χ3n) is 5.20. The van der Waals surface area contributed by atoms with E-state index in [1.807, 2.05) is 6.92 Å². The van der Waals surface area contributed by atoms with E-state index in [2.05, 4.69) is 5.32 Å². The van der Waals surface area contributed by atoms with Crippen LogP contribution in [0.15, 0.2) is 65.6 Å². The maximum atomic E-state index is 13.9. The number of hydrogen-bond acceptors (Lipinski definition) is 4. The summed E-state index contributed by atoms with van der Waals surface area (Å²) in [7, 11) is -4.01. The molecule has 10 heteroatoms. The van der Waals surface area contributed by atoms with Crippen LogP contribution in [0.25, 0.3) is 0 Å². The minimum atomic E-state index is -4.01. The summed E-state index contributed by atoms with van der Waals surface area (Å²) in [6.45, 7) is 3.49. The van der Waals surface area contributed by atoms with Crippen LogP contribution in [0.3, 0.4) is 0 Å². The predicted molar refractivity (Wildman–Crippen MR) is 142 cm³/mol. The number of nitrogens with zero attached hydrogens (tertiary/aromatic N) is 1. The molecule has 3 rings (SSSR count). The molecule has 0 aliphatic carbocycles. The number of thioether (sulfide) groups is 1. The summed E-state index contributed by atoms with van der Waals surface area (Å²) in [5.41, 5.74) is 2.33. The molecule has 186 valence electrons. The van der Waals surface area contributed by atoms with Crippen molar-refractivity contribution in [2.24, 2.45) is 0 Å². The Morgan fingerprint density at radius 3 is 2.43 bits per heavy atom. The Morgan fingerprint density at radius 1 is 1.06 bits per heavy atom. The molecule has 5 nitrogen and oxygen atoms in total. The number of carbonyl (C=O) groups excluding carboxylic acids is 1. The fourth-order valence-electron chi connectivity index (χ4n) is 3.33. The zero-order chi connectivity index (χ0) is 25.6. The number of amides is 1. The highest BCUT2D eigenvalue weighted by atomic mass is 35.5. The summed E-state index contributed by atoms with van der Waals surface area (Å²) in [4.78, 5) is 12.8. The van der Waals surface area contributed by atoms with Crippen molar-refractivity contribution in [2.45, 2.75) is 24.5 Å². The molecule has 0 atom stereocenters. The summed E-state index contributed by atoms with van der Waals surface area (Å²) in [5.74, 6) is 0.0317. The van der Waals surface area contributed by atoms with Gasteiger partial charge in [0.2, 0.25) is 5.91 Å². The third kappa shape index (κ3) is 7.13. The number of carbonyl (C=O) groups is 1. The lowest BCUT2D eigenvalue weighted by Gasteiger charge is -2.26. The molecule has 0 aliphatic rings. The van der Waals surface area contributed by atoms with Gasteiger partial charge in [-0.3, -0.25) is 9.10 Å². The molecule has 1 amide bonds. The first-order valence-corrected chi connectivity index (χ1v) is 14.1. The first-order valence-electron chi connectivity index (χ1n) is 10.7. The molecule has 35 heavy (non-hydrogen) atoms. The van der Waals surface area contributed by atoms with Crippen molar-refractivity contribution in [1.82, 2.24) is 5.32 Å². The second-order valence-corrected chi connectivity index (χ2v) is 11.7. The van der Waals surface area contributed by atoms with Crippen molar-refractivity contribution in [3.05, 3.63) is 93.2 Å². The Labute approximate surface area is 219 Å². The minimum absolute atomic E-state index is 0.0857. The van der Waals surface area contributed by atoms with Crippen molar-refractivity contribution in [1.29, 1.82) is 0 Å². The van der Waals surface area contributed by atoms with E-state index in [4.69, 9.17) is 23.2 Å². The molecule has 1 N–H and O–H groups in total. The SMILES string of the molecule is Cc1ccc(S(=O)(=O)N(CC(=O)NCCSCc2c(F)cccc2Cl)c2ccc(Cl)cc2C)cc1. The number of benzene rings is 3. The molecule has 3 aromatic rings. The van der Waals surface area contributed by atoms with Crippen molar-refractivity contribution in [3.63, 3.8) is 0 Å². The smallest absolute Gasteiger partial charge is 0.264 e. The maximum Gasteiger partial charge on any atom is 0.264 e. The van der Waals surface area contributed by atoms with E-state index in [9.17, 15) is 17.6 Å². The minimum Gasteiger partial charge on any atom is -0.354 e. The van der Waals surface area contributed by atoms with E-state index in [-0.39, 0.29) is 17.3 Å². The second-order valence-electron chi connectivity index (χ2n) is 7.86. The van der Waals surface area contributed by atoms with Crippen molar-refractivity contribution < 1.29 is 17.6 Å². The van der Waals surface area contributed by atoms with Gasteiger partial charge in [0.1, 0.15) is 12.4 Å². The first-order chi connectivity index (χ1) is 16.6. The Balaban J connectivity index is 1.69. The topological polar surface area (TPSA) is 66.5 Å². The van der Waals surface area contributed by atoms with Crippen LogP contribution in [0.5, 0.6) is 0 Å². The average Bonchev–Trinajstić information content (AvgIpc) is 2.79. The Morgan fingerprint density at radius 2 is 1.77 bits per heavy atom. The van der Waals surface area contributed by atoms with Gasteiger partial charge in [-0.1, -0.05) is 47.0 Å². The molecule has 3 aromatic carbocycles. The summed E-state index contributed by atoms with van der Waals surface area (Å²) >= 11 is 13.5. The van der Waals surface area contributed by atoms with E-state index in [0.29, 0.717) is 38.4 Å². The van der Waals surface area contributed by atoms with Crippen LogP contribution in [0, 0.1) is 19.7 Å². The summed E-state index contributed by atoms with van der Waals surface area (Å²) < 4.78 is 41.9. The molecular formula is C25H25Cl2FN2O3S2. The van der Waals surface area contributed by atoms with Gasteiger partial charge in [0.25, 0.3) is 10.0 Å². The van der Waals surface area contributed by atoms with Crippen LogP contribution in [-0.4, -0.2) is 33.2 Å². The van der Waals surface area contributed by atoms with E-state index in [1.54, 1.807) is 49.4 Å². The van der Waals surface area contributed by atoms with Crippen LogP contribution in [0.2, 0.25) is 10.0 Å². The zero-order valence-electron chi connectivity index (χ0n) is 19.2. The molecule has 0 bridgehead atoms. The molecular weight excluding hydrogens is 530 g/mol. The van der Waals surface area contributed by atoms with E-state index >= 15 is 0 Å². The molecule has 0 heterocycles. The highest BCUT2D eigenvalue weighted by Crippen LogP contribution is 2.29. The predicted octanol–water partition coefficient (Wildman–Crippen LogP) is 5.99. The van der Waals surface area contributed by atoms with Crippen LogP contribution in [0.1, 0.15) is 16.7 Å². The van der Waals surface area contributed by atoms with E-state index in [0.717, 1.165) is 9.87 Å². The third-order valence-corrected chi connectivity index (χ3v) is 8.55. The molecule has 0 saturated carbocycles. The molecule has 0 fully saturated rings. The fourth-order valence-corrected chi connectivity index (χ4v) is 6.24. The molecule has 0 saturated heterocycles. The lowest BCUT2D eigenvalue weighted by molar-refractivity contribution is -0.119. The quantitative estimate of drug-likeness (QED) is 0.312. The van der Waals surface area contributed by atoms with Crippen LogP contribution < -0.4 is 9.62 Å². The zero-order valence-corrected chi connectivity index (χ0v) is 22.4. The first kappa shape index (κ1) is 27.3. The molecule has 0 aromatic heterocycles. The summed E-state index contributed by atoms with van der Waals surface area (Å²) in [6.07, 6.45) is 0. The Bertz CT molecular complexity index is 1280. The monoisotopic (exact) mass is 554 g/mol. The van der Waals surface area contributed by atoms with Gasteiger partial charge in [-0.2, -0.15) is 11.8 Å². The van der Waals surface area contributed by atoms with Gasteiger partial charge in [0.15, 0.2) is 0 Å². The second kappa shape index (κ2) is 12.1. The summed E-state index contributed by atoms with van der Waals surface area (Å²) in [6, 6.07) is 15.8. The molecule has 0 unspecified atom stereocenters. The van der Waals surface area contributed by atoms with Crippen LogP contribution in [-0.2, 0) is 20.6 Å². The number of hydrogen-bond donors (Lipinski definition) is 1. The van der Waals surface area contributed by atoms with E-state index < -0.39 is 22.5 Å². The number of rotatable bonds is 10. The number of nitrogens with one attached hydrogen (secondary N) is 1. The molecule has 0 radical (unpaired) electrons. The normalized spacial score (nSPS) is 11.3. The number of sulfonamides is 1. The lowest BCUT2D eigenvalue weighted by Crippen LogP contribution is -2.41. The van der Waals surface area contributed by atoms with Gasteiger partial charge in [-0.05, 0) is 61.9 Å². The lowest BCUT2D eigenvalue weighted by atomic mass is 10.2. The van der Waals surface area contributed by atoms with Crippen molar-refractivity contribution in [3.8, 4) is 0 Å². The van der Waals surface area contributed by atoms with Crippen LogP contribution >= 0.6 is 35.0 Å². The van der Waals surface area contributed by atoms with Crippen molar-refractivity contribution >= 4 is 56.6 Å². The standard InChI is InChI=1S/C25H25Cl2FN2O3S2/c1-17-6-9-20(10-7-17)35(32,33)30(24-11-8-19(26)14-18(24)2)15-25(31)29-12-13-34-16-21-22(27)4-3-5-23(21)28/h3-11,14H,12-13,15-16H2,1-2H3,(H,29,31). The van der Waals surface area contributed by atoms with Gasteiger partial charge < -0.3 is 5.32 Å². The van der Waals surface area contributed by atoms with Gasteiger partial charge in [0, 0.05) is 33.7 Å². The Kier molecular flexibility index (Phi) is 9.47. The van der Waals surface area contributed by atoms with Gasteiger partial charge in [-0.25, -0.2) is 12.8 Å². The number of aryl methyl sites for hydroxylation is 2. The molecule has 0 aliphatic heterocycles. The average molecular weight is 556 g/mol. The van der Waals surface area contributed by atoms with E-state index in [1.165, 1.54) is 30.0 Å². The van der Waals surface area contributed by atoms with Gasteiger partial charge >= 0.3 is 0 Å². The maximum absolute atomic E-state index is 13.9. The number of halogens is 3. The highest BCUT2D eigenvalue weighted by molar-refractivity contribution is 7.98. The Hall–Kier alpha value is -2.26. The van der Waals surface area contributed by atoms with Crippen LogP contribution in [0.4, 0.5) is 10.1 Å². The van der Waals surface area contributed by atoms with Crippen molar-refractivity contribution in [2.75, 3.05) is 23.1 Å². The van der Waals surface area contributed by atoms with Gasteiger partial charge in [-0.15, -0.1) is 0 Å². The largest absolute Gasteiger partial charge is 0.354 e. The summed E-state index contributed by atoms with van der Waals surface area (Å²) in [5, 5.41) is 3.57. The number of anilines is 1.